The van der Waals surface area contributed by atoms with Crippen molar-refractivity contribution in [1.29, 1.82) is 0 Å². The molecule has 2 aromatic rings. The van der Waals surface area contributed by atoms with Crippen LogP contribution in [0.3, 0.4) is 0 Å². The van der Waals surface area contributed by atoms with Crippen LogP contribution in [0.15, 0.2) is 55.4 Å². The molecule has 1 nitrogen and oxygen atoms in total. The van der Waals surface area contributed by atoms with Gasteiger partial charge in [-0.3, -0.25) is 4.98 Å². The largest absolute Gasteiger partial charge is 0.264 e. The second kappa shape index (κ2) is 3.88. The summed E-state index contributed by atoms with van der Waals surface area (Å²) in [7, 11) is 0. The second-order valence-electron chi connectivity index (χ2n) is 3.08. The summed E-state index contributed by atoms with van der Waals surface area (Å²) in [5.74, 6) is 0. The Balaban J connectivity index is 2.51. The number of pyridine rings is 1. The van der Waals surface area contributed by atoms with E-state index in [1.54, 1.807) is 6.08 Å². The first kappa shape index (κ1) is 8.70. The lowest BCUT2D eigenvalue weighted by Gasteiger charge is -1.97. The average Bonchev–Trinajstić information content (AvgIpc) is 2.26. The number of aromatic nitrogens is 1. The summed E-state index contributed by atoms with van der Waals surface area (Å²) >= 11 is 0. The standard InChI is InChI=1S/C13H11N/c1-2-3-4-11-5-6-12-7-8-14-10-13(12)9-11/h2-10H,1H2/b4-3+. The first-order valence-electron chi connectivity index (χ1n) is 4.53. The smallest absolute Gasteiger partial charge is 0.0346 e. The topological polar surface area (TPSA) is 12.9 Å². The van der Waals surface area contributed by atoms with Crippen molar-refractivity contribution in [2.24, 2.45) is 0 Å². The Morgan fingerprint density at radius 1 is 1.14 bits per heavy atom. The number of benzene rings is 1. The molecule has 14 heavy (non-hydrogen) atoms. The maximum absolute atomic E-state index is 4.09. The van der Waals surface area contributed by atoms with Crippen LogP contribution < -0.4 is 0 Å². The first-order valence-corrected chi connectivity index (χ1v) is 4.53. The van der Waals surface area contributed by atoms with Gasteiger partial charge in [-0.25, -0.2) is 0 Å². The van der Waals surface area contributed by atoms with Gasteiger partial charge in [-0.05, 0) is 23.1 Å². The van der Waals surface area contributed by atoms with Gasteiger partial charge in [0.25, 0.3) is 0 Å². The number of hydrogen-bond donors (Lipinski definition) is 0. The molecule has 0 aliphatic carbocycles. The molecule has 0 radical (unpaired) electrons. The van der Waals surface area contributed by atoms with Gasteiger partial charge in [-0.1, -0.05) is 36.9 Å². The van der Waals surface area contributed by atoms with Crippen LogP contribution in [0.4, 0.5) is 0 Å². The Morgan fingerprint density at radius 2 is 2.07 bits per heavy atom. The molecule has 0 saturated carbocycles. The summed E-state index contributed by atoms with van der Waals surface area (Å²) in [5, 5.41) is 2.38. The molecule has 0 saturated heterocycles. The summed E-state index contributed by atoms with van der Waals surface area (Å²) < 4.78 is 0. The number of fused-ring (bicyclic) bond motifs is 1. The molecule has 0 amide bonds. The van der Waals surface area contributed by atoms with Crippen molar-refractivity contribution in [1.82, 2.24) is 4.98 Å². The van der Waals surface area contributed by atoms with Crippen molar-refractivity contribution in [2.45, 2.75) is 0 Å². The molecule has 0 atom stereocenters. The van der Waals surface area contributed by atoms with Crippen LogP contribution in [0.5, 0.6) is 0 Å². The molecule has 1 heteroatoms. The zero-order valence-corrected chi connectivity index (χ0v) is 7.85. The average molecular weight is 181 g/mol. The lowest BCUT2D eigenvalue weighted by atomic mass is 10.1. The molecule has 1 heterocycles. The molecule has 68 valence electrons. The predicted molar refractivity (Wildman–Crippen MR) is 61.0 cm³/mol. The SMILES string of the molecule is C=C/C=C/c1ccc2ccncc2c1. The van der Waals surface area contributed by atoms with Crippen LogP contribution in [-0.4, -0.2) is 4.98 Å². The maximum atomic E-state index is 4.09. The van der Waals surface area contributed by atoms with Crippen LogP contribution in [0.1, 0.15) is 5.56 Å². The van der Waals surface area contributed by atoms with E-state index in [2.05, 4.69) is 29.8 Å². The Kier molecular flexibility index (Phi) is 2.41. The summed E-state index contributed by atoms with van der Waals surface area (Å²) in [6.07, 6.45) is 9.41. The number of hydrogen-bond acceptors (Lipinski definition) is 1. The lowest BCUT2D eigenvalue weighted by molar-refractivity contribution is 1.36. The molecule has 0 unspecified atom stereocenters. The van der Waals surface area contributed by atoms with E-state index in [1.165, 1.54) is 16.3 Å². The number of nitrogens with zero attached hydrogens (tertiary/aromatic N) is 1. The minimum atomic E-state index is 1.17. The van der Waals surface area contributed by atoms with Crippen LogP contribution >= 0.6 is 0 Å². The third kappa shape index (κ3) is 1.72. The van der Waals surface area contributed by atoms with Gasteiger partial charge < -0.3 is 0 Å². The molecular weight excluding hydrogens is 170 g/mol. The minimum Gasteiger partial charge on any atom is -0.264 e. The van der Waals surface area contributed by atoms with E-state index in [-0.39, 0.29) is 0 Å². The summed E-state index contributed by atoms with van der Waals surface area (Å²) in [6, 6.07) is 8.31. The molecular formula is C13H11N. The first-order chi connectivity index (χ1) is 6.90. The molecule has 0 bridgehead atoms. The highest BCUT2D eigenvalue weighted by Gasteiger charge is 1.92. The van der Waals surface area contributed by atoms with Gasteiger partial charge in [0.2, 0.25) is 0 Å². The molecule has 0 spiro atoms. The van der Waals surface area contributed by atoms with Crippen molar-refractivity contribution in [3.63, 3.8) is 0 Å². The summed E-state index contributed by atoms with van der Waals surface area (Å²) in [6.45, 7) is 3.64. The fourth-order valence-corrected chi connectivity index (χ4v) is 1.39. The van der Waals surface area contributed by atoms with Gasteiger partial charge >= 0.3 is 0 Å². The third-order valence-electron chi connectivity index (χ3n) is 2.09. The number of allylic oxidation sites excluding steroid dienone is 2. The van der Waals surface area contributed by atoms with Gasteiger partial charge in [0.1, 0.15) is 0 Å². The molecule has 2 rings (SSSR count). The Bertz CT molecular complexity index is 483. The van der Waals surface area contributed by atoms with E-state index in [1.807, 2.05) is 30.6 Å². The summed E-state index contributed by atoms with van der Waals surface area (Å²) in [5.41, 5.74) is 1.17. The van der Waals surface area contributed by atoms with E-state index in [0.717, 1.165) is 0 Å². The lowest BCUT2D eigenvalue weighted by Crippen LogP contribution is -1.76. The highest BCUT2D eigenvalue weighted by atomic mass is 14.6. The van der Waals surface area contributed by atoms with E-state index < -0.39 is 0 Å². The Labute approximate surface area is 83.4 Å². The fraction of sp³-hybridized carbons (Fsp3) is 0. The van der Waals surface area contributed by atoms with Crippen molar-refractivity contribution in [3.8, 4) is 0 Å². The summed E-state index contributed by atoms with van der Waals surface area (Å²) in [4.78, 5) is 4.09. The monoisotopic (exact) mass is 181 g/mol. The van der Waals surface area contributed by atoms with Crippen molar-refractivity contribution in [3.05, 3.63) is 61.0 Å². The Morgan fingerprint density at radius 3 is 2.93 bits per heavy atom. The molecule has 1 aromatic carbocycles. The highest BCUT2D eigenvalue weighted by molar-refractivity contribution is 5.83. The molecule has 1 aromatic heterocycles. The predicted octanol–water partition coefficient (Wildman–Crippen LogP) is 3.43. The van der Waals surface area contributed by atoms with Crippen molar-refractivity contribution >= 4 is 16.8 Å². The highest BCUT2D eigenvalue weighted by Crippen LogP contribution is 2.15. The van der Waals surface area contributed by atoms with Gasteiger partial charge in [0, 0.05) is 17.8 Å². The van der Waals surface area contributed by atoms with Gasteiger partial charge in [-0.2, -0.15) is 0 Å². The van der Waals surface area contributed by atoms with Crippen LogP contribution in [0, 0.1) is 0 Å². The zero-order valence-electron chi connectivity index (χ0n) is 7.85. The second-order valence-corrected chi connectivity index (χ2v) is 3.08. The third-order valence-corrected chi connectivity index (χ3v) is 2.09. The van der Waals surface area contributed by atoms with Crippen LogP contribution in [0.2, 0.25) is 0 Å². The molecule has 0 aliphatic heterocycles. The Hall–Kier alpha value is -1.89. The van der Waals surface area contributed by atoms with Gasteiger partial charge in [0.15, 0.2) is 0 Å². The van der Waals surface area contributed by atoms with Gasteiger partial charge in [-0.15, -0.1) is 0 Å². The van der Waals surface area contributed by atoms with Crippen LogP contribution in [0.25, 0.3) is 16.8 Å². The molecule has 0 aliphatic rings. The van der Waals surface area contributed by atoms with E-state index in [4.69, 9.17) is 0 Å². The van der Waals surface area contributed by atoms with E-state index in [9.17, 15) is 0 Å². The number of rotatable bonds is 2. The molecule has 0 fully saturated rings. The zero-order chi connectivity index (χ0) is 9.80. The normalized spacial score (nSPS) is 10.9. The molecule has 0 N–H and O–H groups in total. The maximum Gasteiger partial charge on any atom is 0.0346 e. The van der Waals surface area contributed by atoms with Crippen molar-refractivity contribution in [2.75, 3.05) is 0 Å². The fourth-order valence-electron chi connectivity index (χ4n) is 1.39. The van der Waals surface area contributed by atoms with Crippen LogP contribution in [-0.2, 0) is 0 Å². The van der Waals surface area contributed by atoms with Gasteiger partial charge in [0.05, 0.1) is 0 Å². The quantitative estimate of drug-likeness (QED) is 0.647. The van der Waals surface area contributed by atoms with Crippen molar-refractivity contribution < 1.29 is 0 Å². The van der Waals surface area contributed by atoms with E-state index in [0.29, 0.717) is 0 Å². The minimum absolute atomic E-state index is 1.17. The van der Waals surface area contributed by atoms with E-state index >= 15 is 0 Å².